The van der Waals surface area contributed by atoms with Crippen LogP contribution in [0.4, 0.5) is 0 Å². The lowest BCUT2D eigenvalue weighted by molar-refractivity contribution is 1.07. The first-order valence-electron chi connectivity index (χ1n) is 25.7. The Hall–Kier alpha value is -10.8. The van der Waals surface area contributed by atoms with E-state index >= 15 is 0 Å². The molecule has 78 heavy (non-hydrogen) atoms. The number of hydrogen-bond acceptors (Lipinski definition) is 9. The molecule has 0 saturated carbocycles. The van der Waals surface area contributed by atoms with Gasteiger partial charge in [-0.25, -0.2) is 44.9 Å². The van der Waals surface area contributed by atoms with Gasteiger partial charge in [0.05, 0.1) is 0 Å². The Morgan fingerprint density at radius 1 is 0.128 bits per heavy atom. The molecule has 0 radical (unpaired) electrons. The van der Waals surface area contributed by atoms with Crippen LogP contribution in [0.1, 0.15) is 0 Å². The number of aromatic nitrogens is 9. The van der Waals surface area contributed by atoms with Crippen LogP contribution in [0.15, 0.2) is 273 Å². The van der Waals surface area contributed by atoms with Gasteiger partial charge < -0.3 is 0 Å². The van der Waals surface area contributed by atoms with Crippen LogP contribution < -0.4 is 0 Å². The molecule has 0 aliphatic heterocycles. The summed E-state index contributed by atoms with van der Waals surface area (Å²) in [6.45, 7) is 0. The number of rotatable bonds is 12. The third-order valence-corrected chi connectivity index (χ3v) is 13.5. The summed E-state index contributed by atoms with van der Waals surface area (Å²) in [5, 5.41) is 0. The summed E-state index contributed by atoms with van der Waals surface area (Å²) in [5.74, 6) is 5.19. The smallest absolute Gasteiger partial charge is 0.164 e. The molecule has 366 valence electrons. The first-order chi connectivity index (χ1) is 38.7. The van der Waals surface area contributed by atoms with Gasteiger partial charge in [0.15, 0.2) is 52.4 Å². The van der Waals surface area contributed by atoms with E-state index in [9.17, 15) is 0 Å². The second-order valence-electron chi connectivity index (χ2n) is 18.5. The molecule has 3 heterocycles. The maximum absolute atomic E-state index is 5.23. The minimum Gasteiger partial charge on any atom is -0.208 e. The Kier molecular flexibility index (Phi) is 12.8. The number of nitrogens with zero attached hydrogens (tertiary/aromatic N) is 9. The maximum atomic E-state index is 5.23. The van der Waals surface area contributed by atoms with Crippen molar-refractivity contribution in [1.29, 1.82) is 0 Å². The van der Waals surface area contributed by atoms with E-state index in [1.54, 1.807) is 0 Å². The van der Waals surface area contributed by atoms with E-state index in [-0.39, 0.29) is 0 Å². The van der Waals surface area contributed by atoms with Gasteiger partial charge >= 0.3 is 0 Å². The van der Waals surface area contributed by atoms with Gasteiger partial charge in [0, 0.05) is 50.1 Å². The van der Waals surface area contributed by atoms with Crippen molar-refractivity contribution in [2.45, 2.75) is 0 Å². The van der Waals surface area contributed by atoms with Crippen molar-refractivity contribution in [3.05, 3.63) is 273 Å². The average Bonchev–Trinajstić information content (AvgIpc) is 3.62. The molecular formula is C69H45N9. The monoisotopic (exact) mass is 999 g/mol. The van der Waals surface area contributed by atoms with Crippen molar-refractivity contribution < 1.29 is 0 Å². The van der Waals surface area contributed by atoms with Crippen LogP contribution in [-0.4, -0.2) is 44.9 Å². The van der Waals surface area contributed by atoms with Crippen LogP contribution in [0.5, 0.6) is 0 Å². The molecule has 0 bridgehead atoms. The van der Waals surface area contributed by atoms with Gasteiger partial charge in [-0.15, -0.1) is 0 Å². The van der Waals surface area contributed by atoms with Gasteiger partial charge in [-0.2, -0.15) is 0 Å². The van der Waals surface area contributed by atoms with Crippen molar-refractivity contribution in [2.24, 2.45) is 0 Å². The molecule has 0 aliphatic carbocycles. The predicted molar refractivity (Wildman–Crippen MR) is 312 cm³/mol. The lowest BCUT2D eigenvalue weighted by Gasteiger charge is -2.20. The molecule has 0 saturated heterocycles. The maximum Gasteiger partial charge on any atom is 0.164 e. The van der Waals surface area contributed by atoms with Crippen molar-refractivity contribution in [3.8, 4) is 136 Å². The first kappa shape index (κ1) is 47.0. The normalized spacial score (nSPS) is 11.1. The molecule has 13 rings (SSSR count). The van der Waals surface area contributed by atoms with E-state index in [2.05, 4.69) is 78.9 Å². The van der Waals surface area contributed by atoms with Gasteiger partial charge in [-0.1, -0.05) is 273 Å². The Bertz CT molecular complexity index is 3860. The van der Waals surface area contributed by atoms with Crippen molar-refractivity contribution in [3.63, 3.8) is 0 Å². The van der Waals surface area contributed by atoms with E-state index < -0.39 is 0 Å². The molecule has 0 unspecified atom stereocenters. The molecule has 0 aliphatic rings. The van der Waals surface area contributed by atoms with Crippen LogP contribution >= 0.6 is 0 Å². The zero-order valence-corrected chi connectivity index (χ0v) is 42.0. The van der Waals surface area contributed by atoms with E-state index in [1.165, 1.54) is 0 Å². The van der Waals surface area contributed by atoms with E-state index in [1.807, 2.05) is 194 Å². The lowest BCUT2D eigenvalue weighted by atomic mass is 9.84. The Morgan fingerprint density at radius 3 is 0.590 bits per heavy atom. The molecule has 0 fully saturated rings. The third kappa shape index (κ3) is 9.62. The Morgan fingerprint density at radius 2 is 0.321 bits per heavy atom. The fraction of sp³-hybridized carbons (Fsp3) is 0. The highest BCUT2D eigenvalue weighted by Gasteiger charge is 2.23. The van der Waals surface area contributed by atoms with Gasteiger partial charge in [-0.05, 0) is 33.4 Å². The van der Waals surface area contributed by atoms with Gasteiger partial charge in [0.25, 0.3) is 0 Å². The largest absolute Gasteiger partial charge is 0.208 e. The number of hydrogen-bond donors (Lipinski definition) is 0. The molecule has 0 atom stereocenters. The summed E-state index contributed by atoms with van der Waals surface area (Å²) >= 11 is 0. The minimum atomic E-state index is 0.552. The molecule has 9 heteroatoms. The number of benzene rings is 10. The minimum absolute atomic E-state index is 0.552. The molecule has 9 nitrogen and oxygen atoms in total. The zero-order chi connectivity index (χ0) is 52.0. The standard InChI is InChI=1S/C69H45N9/c1-7-24-47(25-8-1)61-70-62(48-26-9-2-10-27-48)72-67(71-61)53-44-42-46(43-45-53)60-56(54-36-19-21-38-58(54)68-75-63(49-28-11-3-12-29-49)73-64(76-68)50-30-13-4-14-31-50)40-23-41-57(60)55-37-20-22-39-59(55)69-77-65(51-32-15-5-16-33-51)74-66(78-69)52-34-17-6-18-35-52/h1-45H. The summed E-state index contributed by atoms with van der Waals surface area (Å²) in [5.41, 5.74) is 13.7. The second kappa shape index (κ2) is 21.2. The Balaban J connectivity index is 1.02. The quantitative estimate of drug-likeness (QED) is 0.118. The third-order valence-electron chi connectivity index (χ3n) is 13.5. The predicted octanol–water partition coefficient (Wildman–Crippen LogP) is 16.2. The summed E-state index contributed by atoms with van der Waals surface area (Å²) in [6.07, 6.45) is 0. The SMILES string of the molecule is c1ccc(-c2nc(-c3ccccc3)nc(-c3ccc(-c4c(-c5ccccc5-c5nc(-c6ccccc6)nc(-c6ccccc6)n5)cccc4-c4ccccc4-c4nc(-c5ccccc5)nc(-c5ccccc5)n4)cc3)n2)cc1. The fourth-order valence-electron chi connectivity index (χ4n) is 9.72. The summed E-state index contributed by atoms with van der Waals surface area (Å²) < 4.78 is 0. The zero-order valence-electron chi connectivity index (χ0n) is 42.0. The summed E-state index contributed by atoms with van der Waals surface area (Å²) in [7, 11) is 0. The highest BCUT2D eigenvalue weighted by molar-refractivity contribution is 6.00. The van der Waals surface area contributed by atoms with Crippen LogP contribution in [0, 0.1) is 0 Å². The molecule has 0 N–H and O–H groups in total. The molecule has 0 amide bonds. The Labute approximate surface area is 451 Å². The summed E-state index contributed by atoms with van der Waals surface area (Å²) in [4.78, 5) is 46.1. The fourth-order valence-corrected chi connectivity index (χ4v) is 9.72. The lowest BCUT2D eigenvalue weighted by Crippen LogP contribution is -2.02. The van der Waals surface area contributed by atoms with Gasteiger partial charge in [-0.3, -0.25) is 0 Å². The van der Waals surface area contributed by atoms with E-state index in [4.69, 9.17) is 44.9 Å². The van der Waals surface area contributed by atoms with Gasteiger partial charge in [0.2, 0.25) is 0 Å². The first-order valence-corrected chi connectivity index (χ1v) is 25.7. The average molecular weight is 1000 g/mol. The van der Waals surface area contributed by atoms with Crippen LogP contribution in [0.2, 0.25) is 0 Å². The molecule has 3 aromatic heterocycles. The van der Waals surface area contributed by atoms with Crippen LogP contribution in [-0.2, 0) is 0 Å². The molecular weight excluding hydrogens is 955 g/mol. The molecule has 0 spiro atoms. The highest BCUT2D eigenvalue weighted by atomic mass is 15.1. The van der Waals surface area contributed by atoms with E-state index in [0.29, 0.717) is 52.4 Å². The molecule has 10 aromatic carbocycles. The van der Waals surface area contributed by atoms with Crippen LogP contribution in [0.3, 0.4) is 0 Å². The van der Waals surface area contributed by atoms with Gasteiger partial charge in [0.1, 0.15) is 0 Å². The van der Waals surface area contributed by atoms with Crippen molar-refractivity contribution in [2.75, 3.05) is 0 Å². The summed E-state index contributed by atoms with van der Waals surface area (Å²) in [6, 6.07) is 92.0. The topological polar surface area (TPSA) is 116 Å². The second-order valence-corrected chi connectivity index (χ2v) is 18.5. The molecule has 13 aromatic rings. The van der Waals surface area contributed by atoms with Crippen LogP contribution in [0.25, 0.3) is 136 Å². The highest BCUT2D eigenvalue weighted by Crippen LogP contribution is 2.46. The van der Waals surface area contributed by atoms with Crippen molar-refractivity contribution >= 4 is 0 Å². The van der Waals surface area contributed by atoms with E-state index in [0.717, 1.165) is 83.5 Å². The van der Waals surface area contributed by atoms with Crippen molar-refractivity contribution in [1.82, 2.24) is 44.9 Å².